The van der Waals surface area contributed by atoms with Crippen LogP contribution in [0.15, 0.2) is 54.9 Å². The van der Waals surface area contributed by atoms with Crippen molar-refractivity contribution >= 4 is 45.1 Å². The predicted molar refractivity (Wildman–Crippen MR) is 112 cm³/mol. The molecule has 0 spiro atoms. The fraction of sp³-hybridized carbons (Fsp3) is 0.167. The van der Waals surface area contributed by atoms with Crippen LogP contribution >= 0.6 is 45.1 Å². The van der Waals surface area contributed by atoms with Crippen LogP contribution in [0.4, 0.5) is 0 Å². The van der Waals surface area contributed by atoms with Crippen molar-refractivity contribution in [3.8, 4) is 11.3 Å². The molecule has 3 aromatic rings. The Kier molecular flexibility index (Phi) is 9.03. The molecular formula is C18H19Br2N3S. The maximum absolute atomic E-state index is 4.96. The van der Waals surface area contributed by atoms with Gasteiger partial charge in [0.05, 0.1) is 5.69 Å². The van der Waals surface area contributed by atoms with Crippen molar-refractivity contribution in [3.05, 3.63) is 76.2 Å². The molecule has 0 bridgehead atoms. The van der Waals surface area contributed by atoms with Crippen molar-refractivity contribution in [1.82, 2.24) is 15.2 Å². The number of hydrogen-bond acceptors (Lipinski definition) is 3. The van der Waals surface area contributed by atoms with Gasteiger partial charge in [0.25, 0.3) is 0 Å². The van der Waals surface area contributed by atoms with Gasteiger partial charge >= 0.3 is 0 Å². The second-order valence-electron chi connectivity index (χ2n) is 5.12. The van der Waals surface area contributed by atoms with Crippen molar-refractivity contribution in [2.75, 3.05) is 0 Å². The Morgan fingerprint density at radius 3 is 2.42 bits per heavy atom. The molecule has 0 atom stereocenters. The molecule has 0 fully saturated rings. The first-order chi connectivity index (χ1) is 11.1. The van der Waals surface area contributed by atoms with E-state index in [0.29, 0.717) is 4.64 Å². The molecule has 0 saturated carbocycles. The maximum Gasteiger partial charge on any atom is 0.119 e. The molecule has 0 amide bonds. The summed E-state index contributed by atoms with van der Waals surface area (Å²) >= 11 is 8.27. The van der Waals surface area contributed by atoms with Gasteiger partial charge in [-0.1, -0.05) is 58.0 Å². The van der Waals surface area contributed by atoms with E-state index in [1.54, 1.807) is 6.20 Å². The van der Waals surface area contributed by atoms with Crippen LogP contribution in [0.5, 0.6) is 0 Å². The number of aryl methyl sites for hydroxylation is 2. The molecule has 3 nitrogen and oxygen atoms in total. The molecule has 0 unspecified atom stereocenters. The third-order valence-electron chi connectivity index (χ3n) is 3.21. The van der Waals surface area contributed by atoms with Gasteiger partial charge in [-0.15, -0.1) is 17.0 Å². The molecule has 0 aliphatic rings. The largest absolute Gasteiger partial charge is 0.267 e. The number of aromatic nitrogens is 3. The molecule has 24 heavy (non-hydrogen) atoms. The standard InChI is InChI=1S/C12H12N2S.C6H6BrN.BrH/c1-8-3-4-10(9(2)7-8)11-5-6-12(15)14-13-11;7-4-6-2-1-3-8-5-6;/h3-7H,1-2H3,(H,14,15);1-3,5H,4H2;1H. The van der Waals surface area contributed by atoms with E-state index in [9.17, 15) is 0 Å². The van der Waals surface area contributed by atoms with Gasteiger partial charge < -0.3 is 0 Å². The Hall–Kier alpha value is -1.37. The van der Waals surface area contributed by atoms with E-state index in [-0.39, 0.29) is 17.0 Å². The third-order valence-corrected chi connectivity index (χ3v) is 4.09. The number of nitrogens with zero attached hydrogens (tertiary/aromatic N) is 2. The average Bonchev–Trinajstić information content (AvgIpc) is 2.57. The Bertz CT molecular complexity index is 799. The molecule has 126 valence electrons. The fourth-order valence-corrected chi connectivity index (χ4v) is 2.52. The Balaban J connectivity index is 0.000000273. The highest BCUT2D eigenvalue weighted by atomic mass is 79.9. The minimum atomic E-state index is 0. The van der Waals surface area contributed by atoms with Crippen LogP contribution in [-0.4, -0.2) is 15.2 Å². The van der Waals surface area contributed by atoms with Gasteiger partial charge in [0, 0.05) is 23.3 Å². The Morgan fingerprint density at radius 2 is 1.92 bits per heavy atom. The van der Waals surface area contributed by atoms with Crippen LogP contribution in [0.25, 0.3) is 11.3 Å². The Labute approximate surface area is 166 Å². The van der Waals surface area contributed by atoms with Gasteiger partial charge in [0.2, 0.25) is 0 Å². The summed E-state index contributed by atoms with van der Waals surface area (Å²) in [7, 11) is 0. The first kappa shape index (κ1) is 20.7. The highest BCUT2D eigenvalue weighted by Crippen LogP contribution is 2.21. The zero-order chi connectivity index (χ0) is 16.7. The highest BCUT2D eigenvalue weighted by molar-refractivity contribution is 9.08. The molecule has 1 N–H and O–H groups in total. The van der Waals surface area contributed by atoms with Crippen LogP contribution in [-0.2, 0) is 5.33 Å². The lowest BCUT2D eigenvalue weighted by atomic mass is 10.0. The number of benzene rings is 1. The maximum atomic E-state index is 4.96. The smallest absolute Gasteiger partial charge is 0.119 e. The second kappa shape index (κ2) is 10.5. The molecule has 2 heterocycles. The van der Waals surface area contributed by atoms with E-state index in [4.69, 9.17) is 12.2 Å². The zero-order valence-electron chi connectivity index (χ0n) is 13.5. The summed E-state index contributed by atoms with van der Waals surface area (Å²) in [5.74, 6) is 0. The van der Waals surface area contributed by atoms with E-state index >= 15 is 0 Å². The topological polar surface area (TPSA) is 41.6 Å². The zero-order valence-corrected chi connectivity index (χ0v) is 17.6. The number of pyridine rings is 1. The molecule has 1 aromatic carbocycles. The summed E-state index contributed by atoms with van der Waals surface area (Å²) in [6, 6.07) is 14.1. The minimum Gasteiger partial charge on any atom is -0.267 e. The fourth-order valence-electron chi connectivity index (χ4n) is 2.07. The SMILES string of the molecule is Br.BrCc1cccnc1.Cc1ccc(-c2ccc(=S)[nH]n2)c(C)c1. The van der Waals surface area contributed by atoms with Crippen molar-refractivity contribution in [1.29, 1.82) is 0 Å². The van der Waals surface area contributed by atoms with Gasteiger partial charge in [0.15, 0.2) is 0 Å². The summed E-state index contributed by atoms with van der Waals surface area (Å²) in [4.78, 5) is 3.93. The summed E-state index contributed by atoms with van der Waals surface area (Å²) in [5, 5.41) is 7.90. The van der Waals surface area contributed by atoms with Gasteiger partial charge in [-0.3, -0.25) is 10.1 Å². The Morgan fingerprint density at radius 1 is 1.12 bits per heavy atom. The van der Waals surface area contributed by atoms with Crippen molar-refractivity contribution in [2.45, 2.75) is 19.2 Å². The van der Waals surface area contributed by atoms with Crippen LogP contribution in [0.2, 0.25) is 0 Å². The number of H-pyrrole nitrogens is 1. The van der Waals surface area contributed by atoms with Crippen molar-refractivity contribution in [3.63, 3.8) is 0 Å². The molecule has 3 rings (SSSR count). The van der Waals surface area contributed by atoms with E-state index in [1.807, 2.05) is 30.5 Å². The molecule has 2 aromatic heterocycles. The third kappa shape index (κ3) is 6.26. The lowest BCUT2D eigenvalue weighted by Crippen LogP contribution is -1.90. The van der Waals surface area contributed by atoms with Gasteiger partial charge in [0.1, 0.15) is 4.64 Å². The summed E-state index contributed by atoms with van der Waals surface area (Å²) in [6.45, 7) is 4.17. The van der Waals surface area contributed by atoms with Crippen LogP contribution in [0.1, 0.15) is 16.7 Å². The number of hydrogen-bond donors (Lipinski definition) is 1. The predicted octanol–water partition coefficient (Wildman–Crippen LogP) is 5.98. The second-order valence-corrected chi connectivity index (χ2v) is 6.12. The van der Waals surface area contributed by atoms with Crippen LogP contribution in [0.3, 0.4) is 0 Å². The number of halogens is 2. The van der Waals surface area contributed by atoms with Crippen molar-refractivity contribution < 1.29 is 0 Å². The van der Waals surface area contributed by atoms with E-state index in [0.717, 1.165) is 16.6 Å². The quantitative estimate of drug-likeness (QED) is 0.371. The normalized spacial score (nSPS) is 9.46. The van der Waals surface area contributed by atoms with Crippen molar-refractivity contribution in [2.24, 2.45) is 0 Å². The van der Waals surface area contributed by atoms with Crippen LogP contribution < -0.4 is 0 Å². The van der Waals surface area contributed by atoms with E-state index in [2.05, 4.69) is 63.2 Å². The van der Waals surface area contributed by atoms with Crippen LogP contribution in [0, 0.1) is 18.5 Å². The number of alkyl halides is 1. The number of nitrogens with one attached hydrogen (secondary N) is 1. The monoisotopic (exact) mass is 467 g/mol. The molecule has 6 heteroatoms. The molecule has 0 saturated heterocycles. The van der Waals surface area contributed by atoms with E-state index in [1.165, 1.54) is 16.7 Å². The first-order valence-electron chi connectivity index (χ1n) is 7.18. The number of aromatic amines is 1. The average molecular weight is 469 g/mol. The highest BCUT2D eigenvalue weighted by Gasteiger charge is 2.02. The van der Waals surface area contributed by atoms with Gasteiger partial charge in [-0.2, -0.15) is 5.10 Å². The molecular weight excluding hydrogens is 450 g/mol. The minimum absolute atomic E-state index is 0. The lowest BCUT2D eigenvalue weighted by molar-refractivity contribution is 1.02. The molecule has 0 aliphatic heterocycles. The summed E-state index contributed by atoms with van der Waals surface area (Å²) in [5.41, 5.74) is 5.79. The summed E-state index contributed by atoms with van der Waals surface area (Å²) < 4.78 is 0.656. The molecule has 0 aliphatic carbocycles. The molecule has 0 radical (unpaired) electrons. The lowest BCUT2D eigenvalue weighted by Gasteiger charge is -2.05. The van der Waals surface area contributed by atoms with E-state index < -0.39 is 0 Å². The van der Waals surface area contributed by atoms with Gasteiger partial charge in [-0.05, 0) is 43.2 Å². The van der Waals surface area contributed by atoms with Gasteiger partial charge in [-0.25, -0.2) is 0 Å². The summed E-state index contributed by atoms with van der Waals surface area (Å²) in [6.07, 6.45) is 3.61. The number of rotatable bonds is 2. The first-order valence-corrected chi connectivity index (χ1v) is 8.71.